The lowest BCUT2D eigenvalue weighted by molar-refractivity contribution is 0.551. The van der Waals surface area contributed by atoms with Gasteiger partial charge in [0.25, 0.3) is 0 Å². The lowest BCUT2D eigenvalue weighted by Gasteiger charge is -2.08. The number of hydrogen-bond acceptors (Lipinski definition) is 2. The van der Waals surface area contributed by atoms with Gasteiger partial charge in [-0.1, -0.05) is 0 Å². The average Bonchev–Trinajstić information content (AvgIpc) is 2.43. The standard InChI is InChI=1S/C6H8N3O/c1-2-9(5-10)6-3-7-4-8-6/h3-4H,2H2,1H3,(H,7,8). The molecule has 4 nitrogen and oxygen atoms in total. The van der Waals surface area contributed by atoms with Crippen LogP contribution < -0.4 is 4.90 Å². The molecule has 1 aromatic rings. The Bertz CT molecular complexity index is 195. The van der Waals surface area contributed by atoms with Crippen LogP contribution in [-0.4, -0.2) is 22.9 Å². The van der Waals surface area contributed by atoms with E-state index < -0.39 is 0 Å². The molecule has 1 heterocycles. The van der Waals surface area contributed by atoms with Crippen LogP contribution in [0.3, 0.4) is 0 Å². The minimum atomic E-state index is 0.603. The van der Waals surface area contributed by atoms with Crippen LogP contribution in [0.2, 0.25) is 0 Å². The Hall–Kier alpha value is -1.32. The zero-order chi connectivity index (χ0) is 7.40. The zero-order valence-electron chi connectivity index (χ0n) is 5.66. The molecule has 0 aliphatic rings. The molecule has 0 spiro atoms. The maximum atomic E-state index is 10.2. The van der Waals surface area contributed by atoms with Gasteiger partial charge in [0.15, 0.2) is 0 Å². The number of aromatic amines is 1. The van der Waals surface area contributed by atoms with E-state index in [1.807, 2.05) is 6.92 Å². The largest absolute Gasteiger partial charge is 0.331 e. The van der Waals surface area contributed by atoms with Crippen molar-refractivity contribution in [3.05, 3.63) is 12.5 Å². The number of amides is 1. The highest BCUT2D eigenvalue weighted by Gasteiger charge is 2.02. The molecular weight excluding hydrogens is 130 g/mol. The predicted octanol–water partition coefficient (Wildman–Crippen LogP) is 0.303. The van der Waals surface area contributed by atoms with E-state index in [-0.39, 0.29) is 0 Å². The maximum Gasteiger partial charge on any atom is 0.318 e. The second kappa shape index (κ2) is 3.00. The Morgan fingerprint density at radius 1 is 1.90 bits per heavy atom. The molecule has 0 aromatic carbocycles. The van der Waals surface area contributed by atoms with Crippen LogP contribution in [0, 0.1) is 0 Å². The van der Waals surface area contributed by atoms with Crippen molar-refractivity contribution in [1.29, 1.82) is 0 Å². The van der Waals surface area contributed by atoms with Crippen molar-refractivity contribution >= 4 is 12.2 Å². The van der Waals surface area contributed by atoms with Gasteiger partial charge in [-0.3, -0.25) is 9.69 Å². The first-order valence-electron chi connectivity index (χ1n) is 3.02. The summed E-state index contributed by atoms with van der Waals surface area (Å²) in [6.07, 6.45) is 4.87. The van der Waals surface area contributed by atoms with Gasteiger partial charge >= 0.3 is 6.41 Å². The maximum absolute atomic E-state index is 10.2. The van der Waals surface area contributed by atoms with E-state index in [1.54, 1.807) is 12.6 Å². The minimum Gasteiger partial charge on any atom is -0.331 e. The normalized spacial score (nSPS) is 9.30. The molecule has 0 unspecified atom stereocenters. The SMILES string of the molecule is CCN([C]=O)c1cnc[nH]1. The molecule has 0 atom stereocenters. The van der Waals surface area contributed by atoms with Gasteiger partial charge in [-0.15, -0.1) is 0 Å². The van der Waals surface area contributed by atoms with Crippen LogP contribution in [0.25, 0.3) is 0 Å². The summed E-state index contributed by atoms with van der Waals surface area (Å²) in [4.78, 5) is 18.2. The van der Waals surface area contributed by atoms with Crippen molar-refractivity contribution in [3.63, 3.8) is 0 Å². The highest BCUT2D eigenvalue weighted by Crippen LogP contribution is 2.03. The number of aromatic nitrogens is 2. The van der Waals surface area contributed by atoms with Gasteiger partial charge in [0.2, 0.25) is 0 Å². The van der Waals surface area contributed by atoms with E-state index in [0.717, 1.165) is 0 Å². The molecule has 0 fully saturated rings. The van der Waals surface area contributed by atoms with Gasteiger partial charge in [-0.2, -0.15) is 0 Å². The number of nitrogens with one attached hydrogen (secondary N) is 1. The van der Waals surface area contributed by atoms with Crippen molar-refractivity contribution in [2.75, 3.05) is 11.4 Å². The molecule has 0 aliphatic carbocycles. The van der Waals surface area contributed by atoms with Gasteiger partial charge < -0.3 is 4.98 Å². The third-order valence-electron chi connectivity index (χ3n) is 1.20. The molecule has 1 N–H and O–H groups in total. The summed E-state index contributed by atoms with van der Waals surface area (Å²) in [7, 11) is 0. The summed E-state index contributed by atoms with van der Waals surface area (Å²) < 4.78 is 0. The molecule has 0 saturated carbocycles. The molecule has 1 radical (unpaired) electrons. The lowest BCUT2D eigenvalue weighted by atomic mass is 10.6. The molecule has 1 aromatic heterocycles. The Labute approximate surface area is 58.9 Å². The highest BCUT2D eigenvalue weighted by atomic mass is 16.1. The van der Waals surface area contributed by atoms with Crippen LogP contribution in [-0.2, 0) is 4.79 Å². The smallest absolute Gasteiger partial charge is 0.318 e. The topological polar surface area (TPSA) is 49.0 Å². The summed E-state index contributed by atoms with van der Waals surface area (Å²) in [5, 5.41) is 0. The van der Waals surface area contributed by atoms with E-state index in [9.17, 15) is 4.79 Å². The van der Waals surface area contributed by atoms with Crippen molar-refractivity contribution in [2.45, 2.75) is 6.92 Å². The number of rotatable bonds is 3. The Morgan fingerprint density at radius 2 is 2.70 bits per heavy atom. The molecule has 1 amide bonds. The summed E-state index contributed by atoms with van der Waals surface area (Å²) in [5.41, 5.74) is 0. The molecule has 1 rings (SSSR count). The van der Waals surface area contributed by atoms with Gasteiger partial charge in [0.05, 0.1) is 12.5 Å². The fourth-order valence-corrected chi connectivity index (χ4v) is 0.680. The average molecular weight is 138 g/mol. The molecular formula is C6H8N3O. The summed E-state index contributed by atoms with van der Waals surface area (Å²) >= 11 is 0. The summed E-state index contributed by atoms with van der Waals surface area (Å²) in [6.45, 7) is 2.47. The predicted molar refractivity (Wildman–Crippen MR) is 37.3 cm³/mol. The van der Waals surface area contributed by atoms with Crippen LogP contribution in [0.4, 0.5) is 5.82 Å². The molecule has 0 saturated heterocycles. The van der Waals surface area contributed by atoms with E-state index in [2.05, 4.69) is 9.97 Å². The molecule has 10 heavy (non-hydrogen) atoms. The first-order valence-corrected chi connectivity index (χ1v) is 3.02. The fourth-order valence-electron chi connectivity index (χ4n) is 0.680. The number of imidazole rings is 1. The van der Waals surface area contributed by atoms with E-state index in [0.29, 0.717) is 12.4 Å². The summed E-state index contributed by atoms with van der Waals surface area (Å²) in [6, 6.07) is 0. The molecule has 0 bridgehead atoms. The lowest BCUT2D eigenvalue weighted by Crippen LogP contribution is -2.20. The molecule has 4 heteroatoms. The van der Waals surface area contributed by atoms with Crippen LogP contribution >= 0.6 is 0 Å². The Kier molecular flexibility index (Phi) is 2.04. The van der Waals surface area contributed by atoms with Crippen molar-refractivity contribution in [3.8, 4) is 0 Å². The second-order valence-electron chi connectivity index (χ2n) is 1.77. The number of anilines is 1. The second-order valence-corrected chi connectivity index (χ2v) is 1.77. The van der Waals surface area contributed by atoms with E-state index in [4.69, 9.17) is 0 Å². The zero-order valence-corrected chi connectivity index (χ0v) is 5.66. The number of H-pyrrole nitrogens is 1. The Balaban J connectivity index is 2.73. The van der Waals surface area contributed by atoms with Gasteiger partial charge in [-0.05, 0) is 6.92 Å². The number of carbonyl (C=O) groups excluding carboxylic acids is 1. The van der Waals surface area contributed by atoms with Crippen LogP contribution in [0.1, 0.15) is 6.92 Å². The third kappa shape index (κ3) is 1.15. The van der Waals surface area contributed by atoms with Crippen molar-refractivity contribution in [2.24, 2.45) is 0 Å². The first kappa shape index (κ1) is 6.80. The van der Waals surface area contributed by atoms with Gasteiger partial charge in [0, 0.05) is 6.54 Å². The minimum absolute atomic E-state index is 0.603. The third-order valence-corrected chi connectivity index (χ3v) is 1.20. The van der Waals surface area contributed by atoms with Crippen molar-refractivity contribution in [1.82, 2.24) is 9.97 Å². The van der Waals surface area contributed by atoms with Gasteiger partial charge in [0.1, 0.15) is 5.82 Å². The van der Waals surface area contributed by atoms with Gasteiger partial charge in [-0.25, -0.2) is 4.98 Å². The molecule has 0 aliphatic heterocycles. The van der Waals surface area contributed by atoms with E-state index >= 15 is 0 Å². The summed E-state index contributed by atoms with van der Waals surface area (Å²) in [5.74, 6) is 0.678. The first-order chi connectivity index (χ1) is 4.88. The number of nitrogens with zero attached hydrogens (tertiary/aromatic N) is 2. The molecule has 53 valence electrons. The quantitative estimate of drug-likeness (QED) is 0.611. The van der Waals surface area contributed by atoms with E-state index in [1.165, 1.54) is 11.2 Å². The van der Waals surface area contributed by atoms with Crippen LogP contribution in [0.15, 0.2) is 12.5 Å². The van der Waals surface area contributed by atoms with Crippen LogP contribution in [0.5, 0.6) is 0 Å². The fraction of sp³-hybridized carbons (Fsp3) is 0.333. The number of hydrogen-bond donors (Lipinski definition) is 1. The highest BCUT2D eigenvalue weighted by molar-refractivity contribution is 5.72. The monoisotopic (exact) mass is 138 g/mol. The Morgan fingerprint density at radius 3 is 3.10 bits per heavy atom. The van der Waals surface area contributed by atoms with Crippen molar-refractivity contribution < 1.29 is 4.79 Å².